The van der Waals surface area contributed by atoms with Crippen molar-refractivity contribution in [1.29, 1.82) is 0 Å². The molecule has 2 heterocycles. The summed E-state index contributed by atoms with van der Waals surface area (Å²) in [6, 6.07) is 0. The zero-order valence-electron chi connectivity index (χ0n) is 6.78. The summed E-state index contributed by atoms with van der Waals surface area (Å²) in [5.41, 5.74) is 0. The van der Waals surface area contributed by atoms with Gasteiger partial charge in [-0.15, -0.1) is 10.2 Å². The number of nitrogens with zero attached hydrogens (tertiary/aromatic N) is 5. The minimum absolute atomic E-state index is 0.0855. The van der Waals surface area contributed by atoms with Crippen LogP contribution in [0.3, 0.4) is 0 Å². The van der Waals surface area contributed by atoms with Crippen molar-refractivity contribution >= 4 is 5.97 Å². The fraction of sp³-hybridized carbons (Fsp3) is 0. The zero-order valence-corrected chi connectivity index (χ0v) is 6.78. The van der Waals surface area contributed by atoms with Crippen LogP contribution in [0.4, 0.5) is 0 Å². The van der Waals surface area contributed by atoms with E-state index in [9.17, 15) is 4.79 Å². The van der Waals surface area contributed by atoms with Crippen LogP contribution < -0.4 is 4.74 Å². The van der Waals surface area contributed by atoms with Crippen molar-refractivity contribution in [3.8, 4) is 5.88 Å². The highest BCUT2D eigenvalue weighted by atomic mass is 16.5. The minimum atomic E-state index is -0.737. The minimum Gasteiger partial charge on any atom is -0.400 e. The Hall–Kier alpha value is -2.38. The molecule has 0 aromatic carbocycles. The van der Waals surface area contributed by atoms with Gasteiger partial charge in [-0.3, -0.25) is 4.98 Å². The predicted octanol–water partition coefficient (Wildman–Crippen LogP) is -0.791. The molecule has 0 fully saturated rings. The van der Waals surface area contributed by atoms with Gasteiger partial charge in [-0.1, -0.05) is 0 Å². The topological polar surface area (TPSA) is 107 Å². The number of aromatic nitrogens is 6. The fourth-order valence-electron chi connectivity index (χ4n) is 0.727. The number of carbonyl (C=O) groups excluding carboxylic acids is 1. The van der Waals surface area contributed by atoms with Crippen molar-refractivity contribution in [2.45, 2.75) is 0 Å². The number of H-pyrrole nitrogens is 1. The largest absolute Gasteiger partial charge is 0.400 e. The number of hydrogen-bond donors (Lipinski definition) is 1. The van der Waals surface area contributed by atoms with Gasteiger partial charge < -0.3 is 4.74 Å². The van der Waals surface area contributed by atoms with Crippen molar-refractivity contribution in [1.82, 2.24) is 30.6 Å². The molecule has 1 N–H and O–H groups in total. The van der Waals surface area contributed by atoms with E-state index in [1.54, 1.807) is 0 Å². The number of tetrazole rings is 1. The first-order chi connectivity index (χ1) is 6.86. The molecule has 0 aliphatic rings. The molecular weight excluding hydrogens is 188 g/mol. The van der Waals surface area contributed by atoms with Gasteiger partial charge in [0.1, 0.15) is 0 Å². The average Bonchev–Trinajstić information content (AvgIpc) is 2.72. The molecule has 8 nitrogen and oxygen atoms in total. The SMILES string of the molecule is O=C(Oc1cnccn1)c1nn[nH]n1. The maximum absolute atomic E-state index is 11.2. The lowest BCUT2D eigenvalue weighted by atomic mass is 10.6. The van der Waals surface area contributed by atoms with E-state index in [1.165, 1.54) is 18.6 Å². The lowest BCUT2D eigenvalue weighted by molar-refractivity contribution is 0.0714. The molecule has 8 heteroatoms. The maximum atomic E-state index is 11.2. The number of hydrogen-bond acceptors (Lipinski definition) is 7. The number of ether oxygens (including phenoxy) is 1. The van der Waals surface area contributed by atoms with Crippen LogP contribution in [0.5, 0.6) is 5.88 Å². The van der Waals surface area contributed by atoms with Gasteiger partial charge in [-0.2, -0.15) is 5.21 Å². The normalized spacial score (nSPS) is 9.71. The lowest BCUT2D eigenvalue weighted by Gasteiger charge is -1.96. The third-order valence-corrected chi connectivity index (χ3v) is 1.26. The lowest BCUT2D eigenvalue weighted by Crippen LogP contribution is -2.11. The number of nitrogens with one attached hydrogen (secondary N) is 1. The van der Waals surface area contributed by atoms with E-state index in [4.69, 9.17) is 4.74 Å². The Labute approximate surface area is 77.3 Å². The molecule has 0 aliphatic carbocycles. The van der Waals surface area contributed by atoms with Crippen molar-refractivity contribution in [2.24, 2.45) is 0 Å². The van der Waals surface area contributed by atoms with Gasteiger partial charge in [0.15, 0.2) is 0 Å². The second-order valence-electron chi connectivity index (χ2n) is 2.17. The van der Waals surface area contributed by atoms with Crippen LogP contribution in [0.1, 0.15) is 10.6 Å². The first kappa shape index (κ1) is 8.23. The monoisotopic (exact) mass is 192 g/mol. The third-order valence-electron chi connectivity index (χ3n) is 1.26. The predicted molar refractivity (Wildman–Crippen MR) is 41.2 cm³/mol. The van der Waals surface area contributed by atoms with E-state index < -0.39 is 5.97 Å². The van der Waals surface area contributed by atoms with Crippen LogP contribution >= 0.6 is 0 Å². The third kappa shape index (κ3) is 1.68. The van der Waals surface area contributed by atoms with E-state index in [2.05, 4.69) is 30.6 Å². The summed E-state index contributed by atoms with van der Waals surface area (Å²) in [7, 11) is 0. The Morgan fingerprint density at radius 1 is 1.43 bits per heavy atom. The van der Waals surface area contributed by atoms with Crippen LogP contribution in [0.25, 0.3) is 0 Å². The van der Waals surface area contributed by atoms with Crippen LogP contribution in [0.15, 0.2) is 18.6 Å². The van der Waals surface area contributed by atoms with Crippen molar-refractivity contribution in [3.63, 3.8) is 0 Å². The van der Waals surface area contributed by atoms with Gasteiger partial charge in [0.05, 0.1) is 6.20 Å². The Balaban J connectivity index is 2.10. The second-order valence-corrected chi connectivity index (χ2v) is 2.17. The molecule has 0 aliphatic heterocycles. The van der Waals surface area contributed by atoms with E-state index >= 15 is 0 Å². The molecule has 0 bridgehead atoms. The molecule has 14 heavy (non-hydrogen) atoms. The Kier molecular flexibility index (Phi) is 2.09. The average molecular weight is 192 g/mol. The van der Waals surface area contributed by atoms with E-state index in [0.717, 1.165) is 0 Å². The van der Waals surface area contributed by atoms with Gasteiger partial charge in [-0.25, -0.2) is 9.78 Å². The van der Waals surface area contributed by atoms with Crippen LogP contribution in [-0.4, -0.2) is 36.6 Å². The summed E-state index contributed by atoms with van der Waals surface area (Å²) >= 11 is 0. The van der Waals surface area contributed by atoms with E-state index in [-0.39, 0.29) is 11.7 Å². The van der Waals surface area contributed by atoms with Crippen molar-refractivity contribution in [2.75, 3.05) is 0 Å². The Morgan fingerprint density at radius 2 is 2.36 bits per heavy atom. The quantitative estimate of drug-likeness (QED) is 0.621. The van der Waals surface area contributed by atoms with Gasteiger partial charge in [0, 0.05) is 12.4 Å². The smallest absolute Gasteiger partial charge is 0.386 e. The summed E-state index contributed by atoms with van der Waals surface area (Å²) in [6.45, 7) is 0. The number of esters is 1. The highest BCUT2D eigenvalue weighted by molar-refractivity contribution is 5.86. The first-order valence-corrected chi connectivity index (χ1v) is 3.58. The molecule has 2 rings (SSSR count). The molecule has 0 saturated heterocycles. The highest BCUT2D eigenvalue weighted by Gasteiger charge is 2.13. The van der Waals surface area contributed by atoms with E-state index in [1.807, 2.05) is 0 Å². The zero-order chi connectivity index (χ0) is 9.80. The van der Waals surface area contributed by atoms with Crippen LogP contribution in [0.2, 0.25) is 0 Å². The van der Waals surface area contributed by atoms with Crippen LogP contribution in [0, 0.1) is 0 Å². The van der Waals surface area contributed by atoms with Crippen LogP contribution in [-0.2, 0) is 0 Å². The summed E-state index contributed by atoms with van der Waals surface area (Å²) in [5, 5.41) is 12.2. The summed E-state index contributed by atoms with van der Waals surface area (Å²) in [6.07, 6.45) is 4.17. The van der Waals surface area contributed by atoms with Gasteiger partial charge >= 0.3 is 5.97 Å². The van der Waals surface area contributed by atoms with Gasteiger partial charge in [0.25, 0.3) is 5.82 Å². The Bertz CT molecular complexity index is 413. The van der Waals surface area contributed by atoms with E-state index in [0.29, 0.717) is 0 Å². The standard InChI is InChI=1S/C6H4N6O2/c13-6(5-9-11-12-10-5)14-4-3-7-1-2-8-4/h1-3H,(H,9,10,11,12). The van der Waals surface area contributed by atoms with Gasteiger partial charge in [0.2, 0.25) is 5.88 Å². The number of rotatable bonds is 2. The van der Waals surface area contributed by atoms with Crippen molar-refractivity contribution < 1.29 is 9.53 Å². The number of carbonyl (C=O) groups is 1. The molecular formula is C6H4N6O2. The maximum Gasteiger partial charge on any atom is 0.386 e. The molecule has 0 spiro atoms. The molecule has 0 radical (unpaired) electrons. The van der Waals surface area contributed by atoms with Gasteiger partial charge in [-0.05, 0) is 5.21 Å². The second kappa shape index (κ2) is 3.56. The summed E-state index contributed by atoms with van der Waals surface area (Å²) in [5.74, 6) is -0.808. The molecule has 0 unspecified atom stereocenters. The molecule has 70 valence electrons. The fourth-order valence-corrected chi connectivity index (χ4v) is 0.727. The Morgan fingerprint density at radius 3 is 3.00 bits per heavy atom. The first-order valence-electron chi connectivity index (χ1n) is 3.58. The van der Waals surface area contributed by atoms with Crippen molar-refractivity contribution in [3.05, 3.63) is 24.4 Å². The molecule has 0 atom stereocenters. The molecule has 0 saturated carbocycles. The summed E-state index contributed by atoms with van der Waals surface area (Å²) in [4.78, 5) is 18.7. The molecule has 2 aromatic heterocycles. The molecule has 2 aromatic rings. The molecule has 0 amide bonds. The number of aromatic amines is 1. The highest BCUT2D eigenvalue weighted by Crippen LogP contribution is 2.02. The summed E-state index contributed by atoms with van der Waals surface area (Å²) < 4.78 is 4.76.